The van der Waals surface area contributed by atoms with Crippen LogP contribution in [0.25, 0.3) is 0 Å². The Hall–Kier alpha value is -2.57. The van der Waals surface area contributed by atoms with Gasteiger partial charge in [0.1, 0.15) is 6.33 Å². The SMILES string of the molecule is CCn1cnnc1CNC(=O)N1CCC(Nc2ccccc2)C1. The topological polar surface area (TPSA) is 75.1 Å². The standard InChI is InChI=1S/C16H22N6O/c1-2-21-12-18-20-15(21)10-17-16(23)22-9-8-14(11-22)19-13-6-4-3-5-7-13/h3-7,12,14,19H,2,8-11H2,1H3,(H,17,23). The number of carbonyl (C=O) groups excluding carboxylic acids is 1. The molecule has 2 amide bonds. The van der Waals surface area contributed by atoms with Gasteiger partial charge < -0.3 is 20.1 Å². The van der Waals surface area contributed by atoms with Crippen LogP contribution in [0.4, 0.5) is 10.5 Å². The molecule has 1 aromatic carbocycles. The van der Waals surface area contributed by atoms with Crippen LogP contribution in [-0.2, 0) is 13.1 Å². The second-order valence-electron chi connectivity index (χ2n) is 5.63. The van der Waals surface area contributed by atoms with Crippen molar-refractivity contribution in [2.45, 2.75) is 32.5 Å². The molecule has 122 valence electrons. The maximum Gasteiger partial charge on any atom is 0.317 e. The Labute approximate surface area is 135 Å². The van der Waals surface area contributed by atoms with Crippen molar-refractivity contribution in [3.8, 4) is 0 Å². The lowest BCUT2D eigenvalue weighted by atomic mass is 10.2. The first-order chi connectivity index (χ1) is 11.3. The number of benzene rings is 1. The van der Waals surface area contributed by atoms with E-state index in [2.05, 4.69) is 20.8 Å². The normalized spacial score (nSPS) is 17.3. The predicted octanol–water partition coefficient (Wildman–Crippen LogP) is 1.69. The number of aryl methyl sites for hydroxylation is 1. The minimum Gasteiger partial charge on any atom is -0.380 e. The van der Waals surface area contributed by atoms with Crippen molar-refractivity contribution in [2.24, 2.45) is 0 Å². The van der Waals surface area contributed by atoms with Crippen molar-refractivity contribution in [3.63, 3.8) is 0 Å². The van der Waals surface area contributed by atoms with Crippen molar-refractivity contribution < 1.29 is 4.79 Å². The summed E-state index contributed by atoms with van der Waals surface area (Å²) in [5.41, 5.74) is 1.09. The van der Waals surface area contributed by atoms with Gasteiger partial charge in [-0.2, -0.15) is 0 Å². The summed E-state index contributed by atoms with van der Waals surface area (Å²) in [6.07, 6.45) is 2.63. The number of nitrogens with zero attached hydrogens (tertiary/aromatic N) is 4. The van der Waals surface area contributed by atoms with Gasteiger partial charge in [-0.05, 0) is 25.5 Å². The third-order valence-electron chi connectivity index (χ3n) is 4.05. The monoisotopic (exact) mass is 314 g/mol. The fourth-order valence-electron chi connectivity index (χ4n) is 2.78. The van der Waals surface area contributed by atoms with Crippen molar-refractivity contribution in [1.82, 2.24) is 25.0 Å². The molecule has 1 aliphatic heterocycles. The number of para-hydroxylation sites is 1. The molecule has 0 saturated carbocycles. The zero-order valence-corrected chi connectivity index (χ0v) is 13.3. The average Bonchev–Trinajstić information content (AvgIpc) is 3.22. The molecule has 1 aromatic heterocycles. The molecule has 1 saturated heterocycles. The van der Waals surface area contributed by atoms with Crippen LogP contribution < -0.4 is 10.6 Å². The number of rotatable bonds is 5. The number of hydrogen-bond acceptors (Lipinski definition) is 4. The lowest BCUT2D eigenvalue weighted by Crippen LogP contribution is -2.39. The molecule has 0 spiro atoms. The van der Waals surface area contributed by atoms with E-state index in [0.717, 1.165) is 31.0 Å². The first-order valence-corrected chi connectivity index (χ1v) is 7.97. The maximum atomic E-state index is 12.3. The Bertz CT molecular complexity index is 641. The number of hydrogen-bond donors (Lipinski definition) is 2. The van der Waals surface area contributed by atoms with Crippen molar-refractivity contribution >= 4 is 11.7 Å². The van der Waals surface area contributed by atoms with Gasteiger partial charge in [0.05, 0.1) is 6.54 Å². The number of carbonyl (C=O) groups is 1. The van der Waals surface area contributed by atoms with Crippen LogP contribution in [0.1, 0.15) is 19.2 Å². The van der Waals surface area contributed by atoms with E-state index >= 15 is 0 Å². The van der Waals surface area contributed by atoms with Gasteiger partial charge in [-0.25, -0.2) is 4.79 Å². The van der Waals surface area contributed by atoms with E-state index < -0.39 is 0 Å². The Kier molecular flexibility index (Phi) is 4.75. The van der Waals surface area contributed by atoms with Crippen LogP contribution in [0.2, 0.25) is 0 Å². The number of anilines is 1. The molecule has 7 heteroatoms. The van der Waals surface area contributed by atoms with E-state index in [1.165, 1.54) is 0 Å². The average molecular weight is 314 g/mol. The van der Waals surface area contributed by atoms with E-state index in [1.54, 1.807) is 6.33 Å². The molecule has 0 radical (unpaired) electrons. The van der Waals surface area contributed by atoms with Gasteiger partial charge in [-0.3, -0.25) is 0 Å². The third kappa shape index (κ3) is 3.80. The van der Waals surface area contributed by atoms with Gasteiger partial charge in [0.15, 0.2) is 5.82 Å². The summed E-state index contributed by atoms with van der Waals surface area (Å²) in [6.45, 7) is 4.69. The molecule has 1 unspecified atom stereocenters. The highest BCUT2D eigenvalue weighted by molar-refractivity contribution is 5.74. The molecule has 0 aliphatic carbocycles. The fraction of sp³-hybridized carbons (Fsp3) is 0.438. The summed E-state index contributed by atoms with van der Waals surface area (Å²) < 4.78 is 1.92. The molecule has 2 N–H and O–H groups in total. The van der Waals surface area contributed by atoms with Crippen molar-refractivity contribution in [1.29, 1.82) is 0 Å². The van der Waals surface area contributed by atoms with Crippen LogP contribution in [0.5, 0.6) is 0 Å². The number of amides is 2. The molecule has 1 fully saturated rings. The molecule has 1 atom stereocenters. The lowest BCUT2D eigenvalue weighted by Gasteiger charge is -2.18. The first kappa shape index (κ1) is 15.3. The lowest BCUT2D eigenvalue weighted by molar-refractivity contribution is 0.207. The Balaban J connectivity index is 1.48. The van der Waals surface area contributed by atoms with E-state index in [1.807, 2.05) is 46.7 Å². The van der Waals surface area contributed by atoms with Crippen molar-refractivity contribution in [3.05, 3.63) is 42.5 Å². The third-order valence-corrected chi connectivity index (χ3v) is 4.05. The quantitative estimate of drug-likeness (QED) is 0.881. The largest absolute Gasteiger partial charge is 0.380 e. The Morgan fingerprint density at radius 2 is 2.17 bits per heavy atom. The van der Waals surface area contributed by atoms with E-state index in [9.17, 15) is 4.79 Å². The Morgan fingerprint density at radius 1 is 1.35 bits per heavy atom. The molecule has 1 aliphatic rings. The molecule has 3 rings (SSSR count). The maximum absolute atomic E-state index is 12.3. The summed E-state index contributed by atoms with van der Waals surface area (Å²) in [6, 6.07) is 10.3. The van der Waals surface area contributed by atoms with E-state index in [4.69, 9.17) is 0 Å². The van der Waals surface area contributed by atoms with E-state index in [0.29, 0.717) is 19.1 Å². The van der Waals surface area contributed by atoms with Crippen LogP contribution in [0, 0.1) is 0 Å². The second kappa shape index (κ2) is 7.13. The smallest absolute Gasteiger partial charge is 0.317 e. The van der Waals surface area contributed by atoms with Crippen LogP contribution in [0.15, 0.2) is 36.7 Å². The molecule has 2 heterocycles. The molecule has 7 nitrogen and oxygen atoms in total. The number of urea groups is 1. The predicted molar refractivity (Wildman–Crippen MR) is 88.0 cm³/mol. The van der Waals surface area contributed by atoms with Crippen molar-refractivity contribution in [2.75, 3.05) is 18.4 Å². The summed E-state index contributed by atoms with van der Waals surface area (Å²) in [4.78, 5) is 14.1. The van der Waals surface area contributed by atoms with Gasteiger partial charge in [-0.1, -0.05) is 18.2 Å². The highest BCUT2D eigenvalue weighted by Crippen LogP contribution is 2.15. The Morgan fingerprint density at radius 3 is 2.96 bits per heavy atom. The summed E-state index contributed by atoms with van der Waals surface area (Å²) in [7, 11) is 0. The number of nitrogens with one attached hydrogen (secondary N) is 2. The van der Waals surface area contributed by atoms with Gasteiger partial charge in [0.2, 0.25) is 0 Å². The zero-order chi connectivity index (χ0) is 16.1. The number of aromatic nitrogens is 3. The van der Waals surface area contributed by atoms with Crippen LogP contribution >= 0.6 is 0 Å². The zero-order valence-electron chi connectivity index (χ0n) is 13.3. The second-order valence-corrected chi connectivity index (χ2v) is 5.63. The molecular weight excluding hydrogens is 292 g/mol. The van der Waals surface area contributed by atoms with E-state index in [-0.39, 0.29) is 6.03 Å². The molecule has 0 bridgehead atoms. The van der Waals surface area contributed by atoms with Gasteiger partial charge in [0, 0.05) is 31.4 Å². The minimum absolute atomic E-state index is 0.0481. The van der Waals surface area contributed by atoms with Crippen LogP contribution in [-0.4, -0.2) is 44.8 Å². The van der Waals surface area contributed by atoms with Gasteiger partial charge in [-0.15, -0.1) is 10.2 Å². The highest BCUT2D eigenvalue weighted by atomic mass is 16.2. The molecule has 23 heavy (non-hydrogen) atoms. The molecular formula is C16H22N6O. The first-order valence-electron chi connectivity index (χ1n) is 7.97. The summed E-state index contributed by atoms with van der Waals surface area (Å²) >= 11 is 0. The molecule has 2 aromatic rings. The van der Waals surface area contributed by atoms with Gasteiger partial charge >= 0.3 is 6.03 Å². The summed E-state index contributed by atoms with van der Waals surface area (Å²) in [5.74, 6) is 0.777. The number of likely N-dealkylation sites (tertiary alicyclic amines) is 1. The minimum atomic E-state index is -0.0481. The summed E-state index contributed by atoms with van der Waals surface area (Å²) in [5, 5.41) is 14.3. The van der Waals surface area contributed by atoms with Crippen LogP contribution in [0.3, 0.4) is 0 Å². The highest BCUT2D eigenvalue weighted by Gasteiger charge is 2.26. The van der Waals surface area contributed by atoms with Gasteiger partial charge in [0.25, 0.3) is 0 Å². The fourth-order valence-corrected chi connectivity index (χ4v) is 2.78.